The van der Waals surface area contributed by atoms with Crippen molar-refractivity contribution in [3.05, 3.63) is 23.8 Å². The van der Waals surface area contributed by atoms with Gasteiger partial charge < -0.3 is 10.5 Å². The van der Waals surface area contributed by atoms with Crippen LogP contribution in [-0.2, 0) is 6.42 Å². The second-order valence-corrected chi connectivity index (χ2v) is 3.26. The Morgan fingerprint density at radius 1 is 1.50 bits per heavy atom. The summed E-state index contributed by atoms with van der Waals surface area (Å²) in [5, 5.41) is 0.900. The number of ether oxygens (including phenoxy) is 1. The smallest absolute Gasteiger partial charge is 0.124 e. The molecular weight excluding hydrogens is 218 g/mol. The van der Waals surface area contributed by atoms with Crippen LogP contribution in [0.2, 0.25) is 0 Å². The Bertz CT molecular complexity index is 263. The third kappa shape index (κ3) is 1.91. The summed E-state index contributed by atoms with van der Waals surface area (Å²) in [5.74, 6) is 0.870. The Labute approximate surface area is 80.8 Å². The summed E-state index contributed by atoms with van der Waals surface area (Å²) in [7, 11) is 1.66. The molecule has 0 fully saturated rings. The van der Waals surface area contributed by atoms with Gasteiger partial charge in [-0.15, -0.1) is 0 Å². The molecule has 0 aromatic heterocycles. The molecule has 0 aliphatic heterocycles. The largest absolute Gasteiger partial charge is 0.496 e. The van der Waals surface area contributed by atoms with Crippen LogP contribution in [0.25, 0.3) is 0 Å². The van der Waals surface area contributed by atoms with Crippen molar-refractivity contribution < 1.29 is 4.74 Å². The molecule has 0 radical (unpaired) electrons. The van der Waals surface area contributed by atoms with E-state index in [9.17, 15) is 0 Å². The highest BCUT2D eigenvalue weighted by Gasteiger charge is 2.04. The van der Waals surface area contributed by atoms with E-state index in [1.165, 1.54) is 0 Å². The summed E-state index contributed by atoms with van der Waals surface area (Å²) in [6, 6.07) is 5.71. The lowest BCUT2D eigenvalue weighted by Crippen LogP contribution is -1.98. The van der Waals surface area contributed by atoms with Crippen molar-refractivity contribution in [2.24, 2.45) is 0 Å². The van der Waals surface area contributed by atoms with Gasteiger partial charge in [0.05, 0.1) is 7.11 Å². The number of rotatable bonds is 3. The number of halogens is 1. The highest BCUT2D eigenvalue weighted by Crippen LogP contribution is 2.24. The van der Waals surface area contributed by atoms with Crippen LogP contribution in [0.3, 0.4) is 0 Å². The van der Waals surface area contributed by atoms with Gasteiger partial charge in [-0.1, -0.05) is 22.0 Å². The van der Waals surface area contributed by atoms with Crippen molar-refractivity contribution in [3.8, 4) is 5.75 Å². The zero-order valence-electron chi connectivity index (χ0n) is 7.01. The van der Waals surface area contributed by atoms with Crippen LogP contribution >= 0.6 is 15.9 Å². The van der Waals surface area contributed by atoms with Gasteiger partial charge in [-0.2, -0.15) is 0 Å². The molecule has 0 heterocycles. The number of hydrogen-bond acceptors (Lipinski definition) is 2. The quantitative estimate of drug-likeness (QED) is 0.638. The van der Waals surface area contributed by atoms with Gasteiger partial charge in [-0.05, 0) is 18.6 Å². The SMILES string of the molecule is COc1cccc(N)c1CCBr. The van der Waals surface area contributed by atoms with Gasteiger partial charge in [-0.25, -0.2) is 0 Å². The van der Waals surface area contributed by atoms with Gasteiger partial charge in [0.2, 0.25) is 0 Å². The maximum absolute atomic E-state index is 5.78. The third-order valence-electron chi connectivity index (χ3n) is 1.73. The molecule has 0 spiro atoms. The van der Waals surface area contributed by atoms with Crippen LogP contribution < -0.4 is 10.5 Å². The molecule has 12 heavy (non-hydrogen) atoms. The molecule has 0 amide bonds. The minimum absolute atomic E-state index is 0.800. The molecule has 0 bridgehead atoms. The third-order valence-corrected chi connectivity index (χ3v) is 2.13. The molecule has 2 N–H and O–H groups in total. The lowest BCUT2D eigenvalue weighted by atomic mass is 10.1. The van der Waals surface area contributed by atoms with Crippen molar-refractivity contribution in [3.63, 3.8) is 0 Å². The summed E-state index contributed by atoms with van der Waals surface area (Å²) in [5.41, 5.74) is 7.66. The summed E-state index contributed by atoms with van der Waals surface area (Å²) in [6.45, 7) is 0. The van der Waals surface area contributed by atoms with Gasteiger partial charge >= 0.3 is 0 Å². The lowest BCUT2D eigenvalue weighted by Gasteiger charge is -2.09. The molecule has 66 valence electrons. The fourth-order valence-corrected chi connectivity index (χ4v) is 1.53. The van der Waals surface area contributed by atoms with Gasteiger partial charge in [-0.3, -0.25) is 0 Å². The first-order chi connectivity index (χ1) is 5.79. The minimum atomic E-state index is 0.800. The molecule has 0 atom stereocenters. The Balaban J connectivity index is 3.02. The predicted molar refractivity (Wildman–Crippen MR) is 54.9 cm³/mol. The fourth-order valence-electron chi connectivity index (χ4n) is 1.14. The zero-order chi connectivity index (χ0) is 8.97. The Morgan fingerprint density at radius 3 is 2.83 bits per heavy atom. The van der Waals surface area contributed by atoms with E-state index < -0.39 is 0 Å². The Kier molecular flexibility index (Phi) is 3.41. The van der Waals surface area contributed by atoms with Crippen LogP contribution in [0, 0.1) is 0 Å². The van der Waals surface area contributed by atoms with Crippen molar-refractivity contribution in [2.75, 3.05) is 18.2 Å². The Hall–Kier alpha value is -0.700. The molecule has 2 nitrogen and oxygen atoms in total. The maximum atomic E-state index is 5.78. The summed E-state index contributed by atoms with van der Waals surface area (Å²) in [4.78, 5) is 0. The maximum Gasteiger partial charge on any atom is 0.124 e. The normalized spacial score (nSPS) is 9.83. The minimum Gasteiger partial charge on any atom is -0.496 e. The molecule has 1 aromatic rings. The van der Waals surface area contributed by atoms with Crippen LogP contribution in [0.4, 0.5) is 5.69 Å². The number of anilines is 1. The second-order valence-electron chi connectivity index (χ2n) is 2.47. The molecule has 0 saturated carbocycles. The number of nitrogen functional groups attached to an aromatic ring is 1. The van der Waals surface area contributed by atoms with Crippen molar-refractivity contribution >= 4 is 21.6 Å². The average molecular weight is 230 g/mol. The number of benzene rings is 1. The monoisotopic (exact) mass is 229 g/mol. The van der Waals surface area contributed by atoms with Gasteiger partial charge in [0.15, 0.2) is 0 Å². The number of nitrogens with two attached hydrogens (primary N) is 1. The lowest BCUT2D eigenvalue weighted by molar-refractivity contribution is 0.410. The van der Waals surface area contributed by atoms with Crippen molar-refractivity contribution in [2.45, 2.75) is 6.42 Å². The topological polar surface area (TPSA) is 35.2 Å². The van der Waals surface area contributed by atoms with Crippen LogP contribution in [-0.4, -0.2) is 12.4 Å². The summed E-state index contributed by atoms with van der Waals surface area (Å²) < 4.78 is 5.18. The highest BCUT2D eigenvalue weighted by molar-refractivity contribution is 9.09. The predicted octanol–water partition coefficient (Wildman–Crippen LogP) is 2.21. The van der Waals surface area contributed by atoms with Gasteiger partial charge in [0.25, 0.3) is 0 Å². The van der Waals surface area contributed by atoms with E-state index in [2.05, 4.69) is 15.9 Å². The first-order valence-electron chi connectivity index (χ1n) is 3.77. The molecule has 0 saturated heterocycles. The van der Waals surface area contributed by atoms with Crippen LogP contribution in [0.15, 0.2) is 18.2 Å². The molecular formula is C9H12BrNO. The van der Waals surface area contributed by atoms with Crippen LogP contribution in [0.5, 0.6) is 5.75 Å². The van der Waals surface area contributed by atoms with Crippen LogP contribution in [0.1, 0.15) is 5.56 Å². The summed E-state index contributed by atoms with van der Waals surface area (Å²) >= 11 is 3.37. The standard InChI is InChI=1S/C9H12BrNO/c1-12-9-4-2-3-8(11)7(9)5-6-10/h2-4H,5-6,11H2,1H3. The van der Waals surface area contributed by atoms with E-state index in [1.54, 1.807) is 7.11 Å². The van der Waals surface area contributed by atoms with Crippen molar-refractivity contribution in [1.29, 1.82) is 0 Å². The molecule has 0 unspecified atom stereocenters. The second kappa shape index (κ2) is 4.36. The number of alkyl halides is 1. The van der Waals surface area contributed by atoms with E-state index in [0.29, 0.717) is 0 Å². The first kappa shape index (κ1) is 9.39. The Morgan fingerprint density at radius 2 is 2.25 bits per heavy atom. The van der Waals surface area contributed by atoms with E-state index >= 15 is 0 Å². The van der Waals surface area contributed by atoms with Gasteiger partial charge in [0, 0.05) is 16.6 Å². The molecule has 0 aliphatic rings. The number of methoxy groups -OCH3 is 1. The fraction of sp³-hybridized carbons (Fsp3) is 0.333. The van der Waals surface area contributed by atoms with E-state index in [0.717, 1.165) is 28.8 Å². The average Bonchev–Trinajstić information content (AvgIpc) is 2.09. The summed E-state index contributed by atoms with van der Waals surface area (Å²) in [6.07, 6.45) is 0.899. The van der Waals surface area contributed by atoms with E-state index in [-0.39, 0.29) is 0 Å². The van der Waals surface area contributed by atoms with E-state index in [4.69, 9.17) is 10.5 Å². The molecule has 0 aliphatic carbocycles. The zero-order valence-corrected chi connectivity index (χ0v) is 8.60. The molecule has 1 rings (SSSR count). The first-order valence-corrected chi connectivity index (χ1v) is 4.89. The van der Waals surface area contributed by atoms with E-state index in [1.807, 2.05) is 18.2 Å². The van der Waals surface area contributed by atoms with Gasteiger partial charge in [0.1, 0.15) is 5.75 Å². The molecule has 3 heteroatoms. The highest BCUT2D eigenvalue weighted by atomic mass is 79.9. The number of hydrogen-bond donors (Lipinski definition) is 1. The van der Waals surface area contributed by atoms with Crippen molar-refractivity contribution in [1.82, 2.24) is 0 Å². The molecule has 1 aromatic carbocycles.